The summed E-state index contributed by atoms with van der Waals surface area (Å²) >= 11 is 0. The molecule has 1 fully saturated rings. The summed E-state index contributed by atoms with van der Waals surface area (Å²) in [7, 11) is 0. The fourth-order valence-electron chi connectivity index (χ4n) is 3.18. The van der Waals surface area contributed by atoms with Crippen LogP contribution >= 0.6 is 0 Å². The van der Waals surface area contributed by atoms with Gasteiger partial charge in [0.05, 0.1) is 0 Å². The number of aromatic nitrogens is 3. The van der Waals surface area contributed by atoms with Gasteiger partial charge in [-0.1, -0.05) is 36.2 Å². The number of fused-ring (bicyclic) bond motifs is 1. The molecule has 0 radical (unpaired) electrons. The summed E-state index contributed by atoms with van der Waals surface area (Å²) in [6.07, 6.45) is 6.87. The number of para-hydroxylation sites is 1. The first kappa shape index (κ1) is 14.0. The van der Waals surface area contributed by atoms with Crippen molar-refractivity contribution in [3.05, 3.63) is 47.7 Å². The lowest BCUT2D eigenvalue weighted by Crippen LogP contribution is -2.32. The van der Waals surface area contributed by atoms with Gasteiger partial charge < -0.3 is 14.8 Å². The van der Waals surface area contributed by atoms with Crippen molar-refractivity contribution in [2.24, 2.45) is 0 Å². The highest BCUT2D eigenvalue weighted by Gasteiger charge is 2.22. The maximum Gasteiger partial charge on any atom is 0.315 e. The Balaban J connectivity index is 1.48. The Hall–Kier alpha value is -2.63. The minimum atomic E-state index is -0.269. The Morgan fingerprint density at radius 3 is 3.00 bits per heavy atom. The second-order valence-corrected chi connectivity index (χ2v) is 6.01. The topological polar surface area (TPSA) is 83.8 Å². The number of H-pyrrole nitrogens is 1. The van der Waals surface area contributed by atoms with Crippen LogP contribution in [0.3, 0.4) is 0 Å². The van der Waals surface area contributed by atoms with Crippen LogP contribution in [0.5, 0.6) is 0 Å². The third-order valence-corrected chi connectivity index (χ3v) is 4.38. The summed E-state index contributed by atoms with van der Waals surface area (Å²) in [5.74, 6) is 0.299. The van der Waals surface area contributed by atoms with E-state index in [0.717, 1.165) is 29.3 Å². The summed E-state index contributed by atoms with van der Waals surface area (Å²) in [5, 5.41) is 8.02. The lowest BCUT2D eigenvalue weighted by atomic mass is 10.1. The summed E-state index contributed by atoms with van der Waals surface area (Å²) < 4.78 is 5.11. The fourth-order valence-corrected chi connectivity index (χ4v) is 3.18. The van der Waals surface area contributed by atoms with E-state index in [1.807, 2.05) is 24.4 Å². The molecule has 0 spiro atoms. The van der Waals surface area contributed by atoms with Crippen LogP contribution in [0, 0.1) is 0 Å². The molecule has 1 aromatic carbocycles. The number of nitrogens with one attached hydrogen (secondary N) is 2. The van der Waals surface area contributed by atoms with E-state index >= 15 is 0 Å². The zero-order valence-electron chi connectivity index (χ0n) is 12.7. The summed E-state index contributed by atoms with van der Waals surface area (Å²) in [4.78, 5) is 19.6. The molecule has 3 aromatic rings. The zero-order chi connectivity index (χ0) is 15.6. The smallest absolute Gasteiger partial charge is 0.315 e. The molecular weight excluding hydrogens is 292 g/mol. The van der Waals surface area contributed by atoms with Crippen molar-refractivity contribution >= 4 is 16.8 Å². The molecule has 2 aromatic heterocycles. The number of benzene rings is 1. The van der Waals surface area contributed by atoms with Crippen LogP contribution in [0.15, 0.2) is 35.0 Å². The van der Waals surface area contributed by atoms with Gasteiger partial charge >= 0.3 is 11.8 Å². The van der Waals surface area contributed by atoms with E-state index in [9.17, 15) is 4.79 Å². The number of hydrogen-bond donors (Lipinski definition) is 2. The Morgan fingerprint density at radius 2 is 2.13 bits per heavy atom. The van der Waals surface area contributed by atoms with Gasteiger partial charge in [-0.05, 0) is 24.5 Å². The van der Waals surface area contributed by atoms with Crippen LogP contribution < -0.4 is 5.32 Å². The van der Waals surface area contributed by atoms with Crippen molar-refractivity contribution in [3.63, 3.8) is 0 Å². The molecule has 6 heteroatoms. The average molecular weight is 310 g/mol. The van der Waals surface area contributed by atoms with Crippen molar-refractivity contribution in [3.8, 4) is 0 Å². The molecule has 1 aliphatic carbocycles. The second-order valence-electron chi connectivity index (χ2n) is 6.01. The number of amides is 1. The highest BCUT2D eigenvalue weighted by atomic mass is 16.5. The maximum atomic E-state index is 12.1. The molecule has 118 valence electrons. The van der Waals surface area contributed by atoms with Gasteiger partial charge in [-0.2, -0.15) is 4.98 Å². The largest absolute Gasteiger partial charge is 0.361 e. The van der Waals surface area contributed by atoms with E-state index < -0.39 is 0 Å². The van der Waals surface area contributed by atoms with Gasteiger partial charge in [0.1, 0.15) is 0 Å². The van der Waals surface area contributed by atoms with Crippen molar-refractivity contribution in [2.45, 2.75) is 38.1 Å². The van der Waals surface area contributed by atoms with Crippen LogP contribution in [0.2, 0.25) is 0 Å². The van der Waals surface area contributed by atoms with Crippen LogP contribution in [-0.2, 0) is 6.42 Å². The number of hydrogen-bond acceptors (Lipinski definition) is 4. The minimum Gasteiger partial charge on any atom is -0.361 e. The van der Waals surface area contributed by atoms with E-state index in [2.05, 4.69) is 26.5 Å². The number of aromatic amines is 1. The quantitative estimate of drug-likeness (QED) is 0.776. The monoisotopic (exact) mass is 310 g/mol. The van der Waals surface area contributed by atoms with E-state index in [4.69, 9.17) is 4.52 Å². The molecule has 2 heterocycles. The molecule has 1 aliphatic rings. The van der Waals surface area contributed by atoms with E-state index in [1.54, 1.807) is 0 Å². The standard InChI is InChI=1S/C17H18N4O2/c22-16(19-12-5-1-2-6-12)17-20-15(21-23-17)9-11-10-18-14-8-4-3-7-13(11)14/h3-4,7-8,10,12,18H,1-2,5-6,9H2,(H,19,22). The van der Waals surface area contributed by atoms with Gasteiger partial charge in [0.25, 0.3) is 0 Å². The summed E-state index contributed by atoms with van der Waals surface area (Å²) in [6.45, 7) is 0. The van der Waals surface area contributed by atoms with Crippen LogP contribution in [-0.4, -0.2) is 27.1 Å². The molecule has 2 N–H and O–H groups in total. The van der Waals surface area contributed by atoms with Crippen molar-refractivity contribution in [2.75, 3.05) is 0 Å². The molecule has 1 saturated carbocycles. The molecular formula is C17H18N4O2. The second kappa shape index (κ2) is 5.87. The Kier molecular flexibility index (Phi) is 3.57. The predicted octanol–water partition coefficient (Wildman–Crippen LogP) is 2.81. The van der Waals surface area contributed by atoms with Gasteiger partial charge in [0.2, 0.25) is 0 Å². The molecule has 1 amide bonds. The van der Waals surface area contributed by atoms with Gasteiger partial charge in [-0.3, -0.25) is 4.79 Å². The Labute approximate surface area is 133 Å². The van der Waals surface area contributed by atoms with Crippen LogP contribution in [0.1, 0.15) is 47.8 Å². The lowest BCUT2D eigenvalue weighted by molar-refractivity contribution is 0.0893. The summed E-state index contributed by atoms with van der Waals surface area (Å²) in [5.41, 5.74) is 2.16. The van der Waals surface area contributed by atoms with Crippen molar-refractivity contribution in [1.29, 1.82) is 0 Å². The van der Waals surface area contributed by atoms with Crippen LogP contribution in [0.25, 0.3) is 10.9 Å². The molecule has 0 unspecified atom stereocenters. The molecule has 0 saturated heterocycles. The molecule has 0 aliphatic heterocycles. The highest BCUT2D eigenvalue weighted by molar-refractivity contribution is 5.89. The predicted molar refractivity (Wildman–Crippen MR) is 85.1 cm³/mol. The number of carbonyl (C=O) groups is 1. The number of rotatable bonds is 4. The first-order chi connectivity index (χ1) is 11.3. The third kappa shape index (κ3) is 2.84. The maximum absolute atomic E-state index is 12.1. The zero-order valence-corrected chi connectivity index (χ0v) is 12.7. The van der Waals surface area contributed by atoms with E-state index in [0.29, 0.717) is 12.2 Å². The molecule has 0 atom stereocenters. The van der Waals surface area contributed by atoms with Gasteiger partial charge in [-0.15, -0.1) is 0 Å². The Bertz CT molecular complexity index is 830. The molecule has 4 rings (SSSR count). The first-order valence-corrected chi connectivity index (χ1v) is 7.98. The third-order valence-electron chi connectivity index (χ3n) is 4.38. The van der Waals surface area contributed by atoms with Crippen molar-refractivity contribution < 1.29 is 9.32 Å². The Morgan fingerprint density at radius 1 is 1.30 bits per heavy atom. The van der Waals surface area contributed by atoms with E-state index in [-0.39, 0.29) is 17.8 Å². The average Bonchev–Trinajstić information content (AvgIpc) is 3.29. The lowest BCUT2D eigenvalue weighted by Gasteiger charge is -2.08. The normalized spacial score (nSPS) is 15.3. The number of nitrogens with zero attached hydrogens (tertiary/aromatic N) is 2. The molecule has 23 heavy (non-hydrogen) atoms. The SMILES string of the molecule is O=C(NC1CCCC1)c1nc(Cc2c[nH]c3ccccc23)no1. The minimum absolute atomic E-state index is 0.0479. The van der Waals surface area contributed by atoms with Gasteiger partial charge in [-0.25, -0.2) is 0 Å². The van der Waals surface area contributed by atoms with E-state index in [1.165, 1.54) is 12.8 Å². The van der Waals surface area contributed by atoms with Gasteiger partial charge in [0, 0.05) is 29.6 Å². The highest BCUT2D eigenvalue weighted by Crippen LogP contribution is 2.20. The fraction of sp³-hybridized carbons (Fsp3) is 0.353. The summed E-state index contributed by atoms with van der Waals surface area (Å²) in [6, 6.07) is 8.30. The number of carbonyl (C=O) groups excluding carboxylic acids is 1. The first-order valence-electron chi connectivity index (χ1n) is 7.98. The van der Waals surface area contributed by atoms with Crippen LogP contribution in [0.4, 0.5) is 0 Å². The molecule has 6 nitrogen and oxygen atoms in total. The van der Waals surface area contributed by atoms with Crippen molar-refractivity contribution in [1.82, 2.24) is 20.4 Å². The van der Waals surface area contributed by atoms with Gasteiger partial charge in [0.15, 0.2) is 5.82 Å². The molecule has 0 bridgehead atoms.